The van der Waals surface area contributed by atoms with Crippen molar-refractivity contribution in [3.05, 3.63) is 36.4 Å². The van der Waals surface area contributed by atoms with E-state index in [0.717, 1.165) is 5.56 Å². The Morgan fingerprint density at radius 2 is 2.27 bits per heavy atom. The van der Waals surface area contributed by atoms with E-state index in [1.165, 1.54) is 0 Å². The molecule has 0 saturated carbocycles. The Morgan fingerprint density at radius 3 is 2.82 bits per heavy atom. The van der Waals surface area contributed by atoms with E-state index in [4.69, 9.17) is 4.74 Å². The third-order valence-electron chi connectivity index (χ3n) is 3.52. The maximum Gasteiger partial charge on any atom is 0.247 e. The molecule has 0 aliphatic carbocycles. The highest BCUT2D eigenvalue weighted by Crippen LogP contribution is 2.16. The van der Waals surface area contributed by atoms with Gasteiger partial charge in [0, 0.05) is 51.4 Å². The molecule has 0 aliphatic rings. The molecule has 2 rings (SSSR count). The third kappa shape index (κ3) is 3.94. The molecule has 0 N–H and O–H groups in total. The predicted octanol–water partition coefficient (Wildman–Crippen LogP) is 1.24. The van der Waals surface area contributed by atoms with Gasteiger partial charge in [-0.3, -0.25) is 14.2 Å². The molecule has 1 amide bonds. The standard InChI is InChI=1S/C15H23N5O2/c1-4-14(20-7-5-6-16-20)15(21)19(8-9-22-3)12-13-10-17-18(2)11-13/h5-7,10-11,14H,4,8-9,12H2,1-3H3. The van der Waals surface area contributed by atoms with Crippen LogP contribution >= 0.6 is 0 Å². The lowest BCUT2D eigenvalue weighted by atomic mass is 10.2. The zero-order valence-electron chi connectivity index (χ0n) is 13.3. The second-order valence-electron chi connectivity index (χ2n) is 5.18. The molecule has 7 heteroatoms. The number of methoxy groups -OCH3 is 1. The Kier molecular flexibility index (Phi) is 5.71. The largest absolute Gasteiger partial charge is 0.383 e. The van der Waals surface area contributed by atoms with Crippen molar-refractivity contribution in [2.24, 2.45) is 7.05 Å². The van der Waals surface area contributed by atoms with Gasteiger partial charge in [-0.2, -0.15) is 10.2 Å². The number of carbonyl (C=O) groups excluding carboxylic acids is 1. The Bertz CT molecular complexity index is 579. The maximum absolute atomic E-state index is 12.9. The number of ether oxygens (including phenoxy) is 1. The lowest BCUT2D eigenvalue weighted by Crippen LogP contribution is -2.38. The van der Waals surface area contributed by atoms with E-state index in [1.54, 1.807) is 33.8 Å². The van der Waals surface area contributed by atoms with E-state index in [2.05, 4.69) is 10.2 Å². The number of aromatic nitrogens is 4. The van der Waals surface area contributed by atoms with Gasteiger partial charge >= 0.3 is 0 Å². The molecule has 0 fully saturated rings. The molecule has 22 heavy (non-hydrogen) atoms. The molecule has 0 bridgehead atoms. The quantitative estimate of drug-likeness (QED) is 0.736. The molecule has 120 valence electrons. The first-order valence-corrected chi connectivity index (χ1v) is 7.40. The van der Waals surface area contributed by atoms with Gasteiger partial charge in [0.25, 0.3) is 0 Å². The predicted molar refractivity (Wildman–Crippen MR) is 82.1 cm³/mol. The molecule has 1 atom stereocenters. The van der Waals surface area contributed by atoms with Crippen LogP contribution in [0.25, 0.3) is 0 Å². The number of amides is 1. The zero-order valence-corrected chi connectivity index (χ0v) is 13.3. The second-order valence-corrected chi connectivity index (χ2v) is 5.18. The highest BCUT2D eigenvalue weighted by Gasteiger charge is 2.25. The van der Waals surface area contributed by atoms with Crippen molar-refractivity contribution in [1.82, 2.24) is 24.5 Å². The van der Waals surface area contributed by atoms with Crippen LogP contribution in [0.4, 0.5) is 0 Å². The highest BCUT2D eigenvalue weighted by molar-refractivity contribution is 5.80. The van der Waals surface area contributed by atoms with Crippen LogP contribution in [0.1, 0.15) is 24.9 Å². The van der Waals surface area contributed by atoms with E-state index in [0.29, 0.717) is 26.1 Å². The summed E-state index contributed by atoms with van der Waals surface area (Å²) in [4.78, 5) is 14.7. The topological polar surface area (TPSA) is 65.2 Å². The minimum Gasteiger partial charge on any atom is -0.383 e. The minimum absolute atomic E-state index is 0.0482. The Hall–Kier alpha value is -2.15. The SMILES string of the molecule is CCC(C(=O)N(CCOC)Cc1cnn(C)c1)n1cccn1. The number of nitrogens with zero attached hydrogens (tertiary/aromatic N) is 5. The molecule has 1 unspecified atom stereocenters. The molecular formula is C15H23N5O2. The van der Waals surface area contributed by atoms with Gasteiger partial charge in [-0.25, -0.2) is 0 Å². The van der Waals surface area contributed by atoms with Crippen LogP contribution in [-0.2, 0) is 23.1 Å². The number of carbonyl (C=O) groups is 1. The summed E-state index contributed by atoms with van der Waals surface area (Å²) in [7, 11) is 3.50. The average Bonchev–Trinajstić information content (AvgIpc) is 3.16. The van der Waals surface area contributed by atoms with Crippen molar-refractivity contribution in [1.29, 1.82) is 0 Å². The van der Waals surface area contributed by atoms with Crippen LogP contribution in [0.5, 0.6) is 0 Å². The summed E-state index contributed by atoms with van der Waals surface area (Å²) in [5.41, 5.74) is 1.00. The molecule has 2 aromatic rings. The molecule has 2 heterocycles. The van der Waals surface area contributed by atoms with Gasteiger partial charge in [-0.1, -0.05) is 6.92 Å². The van der Waals surface area contributed by atoms with Crippen molar-refractivity contribution >= 4 is 5.91 Å². The molecule has 0 saturated heterocycles. The zero-order chi connectivity index (χ0) is 15.9. The molecule has 7 nitrogen and oxygen atoms in total. The summed E-state index contributed by atoms with van der Waals surface area (Å²) in [5, 5.41) is 8.36. The lowest BCUT2D eigenvalue weighted by Gasteiger charge is -2.26. The fraction of sp³-hybridized carbons (Fsp3) is 0.533. The number of rotatable bonds is 8. The second kappa shape index (κ2) is 7.74. The van der Waals surface area contributed by atoms with Gasteiger partial charge in [0.15, 0.2) is 0 Å². The summed E-state index contributed by atoms with van der Waals surface area (Å²) in [6, 6.07) is 1.54. The first-order chi connectivity index (χ1) is 10.7. The minimum atomic E-state index is -0.288. The van der Waals surface area contributed by atoms with E-state index >= 15 is 0 Å². The van der Waals surface area contributed by atoms with Gasteiger partial charge < -0.3 is 9.64 Å². The summed E-state index contributed by atoms with van der Waals surface area (Å²) in [5.74, 6) is 0.0482. The Morgan fingerprint density at radius 1 is 1.45 bits per heavy atom. The van der Waals surface area contributed by atoms with Crippen molar-refractivity contribution in [2.75, 3.05) is 20.3 Å². The molecule has 0 aliphatic heterocycles. The van der Waals surface area contributed by atoms with Crippen LogP contribution < -0.4 is 0 Å². The van der Waals surface area contributed by atoms with Crippen LogP contribution in [0, 0.1) is 0 Å². The molecule has 0 radical (unpaired) electrons. The highest BCUT2D eigenvalue weighted by atomic mass is 16.5. The number of aryl methyl sites for hydroxylation is 1. The normalized spacial score (nSPS) is 12.3. The third-order valence-corrected chi connectivity index (χ3v) is 3.52. The number of hydrogen-bond acceptors (Lipinski definition) is 4. The molecule has 0 spiro atoms. The summed E-state index contributed by atoms with van der Waals surface area (Å²) in [6.45, 7) is 3.56. The van der Waals surface area contributed by atoms with Gasteiger partial charge in [0.1, 0.15) is 6.04 Å². The number of hydrogen-bond donors (Lipinski definition) is 0. The molecule has 0 aromatic carbocycles. The molecule has 2 aromatic heterocycles. The summed E-state index contributed by atoms with van der Waals surface area (Å²) in [6.07, 6.45) is 7.90. The van der Waals surface area contributed by atoms with Crippen molar-refractivity contribution in [3.8, 4) is 0 Å². The van der Waals surface area contributed by atoms with Crippen LogP contribution in [-0.4, -0.2) is 50.6 Å². The fourth-order valence-corrected chi connectivity index (χ4v) is 2.39. The van der Waals surface area contributed by atoms with Gasteiger partial charge in [0.2, 0.25) is 5.91 Å². The first-order valence-electron chi connectivity index (χ1n) is 7.40. The maximum atomic E-state index is 12.9. The first kappa shape index (κ1) is 16.2. The van der Waals surface area contributed by atoms with Crippen molar-refractivity contribution < 1.29 is 9.53 Å². The van der Waals surface area contributed by atoms with Gasteiger partial charge in [-0.15, -0.1) is 0 Å². The Labute approximate surface area is 130 Å². The van der Waals surface area contributed by atoms with E-state index in [9.17, 15) is 4.79 Å². The molecular weight excluding hydrogens is 282 g/mol. The van der Waals surface area contributed by atoms with Gasteiger partial charge in [-0.05, 0) is 12.5 Å². The van der Waals surface area contributed by atoms with Crippen LogP contribution in [0.2, 0.25) is 0 Å². The van der Waals surface area contributed by atoms with Crippen molar-refractivity contribution in [3.63, 3.8) is 0 Å². The average molecular weight is 305 g/mol. The van der Waals surface area contributed by atoms with E-state index < -0.39 is 0 Å². The lowest BCUT2D eigenvalue weighted by molar-refractivity contribution is -0.136. The van der Waals surface area contributed by atoms with Crippen molar-refractivity contribution in [2.45, 2.75) is 25.9 Å². The van der Waals surface area contributed by atoms with Crippen LogP contribution in [0.15, 0.2) is 30.9 Å². The van der Waals surface area contributed by atoms with E-state index in [-0.39, 0.29) is 11.9 Å². The monoisotopic (exact) mass is 305 g/mol. The Balaban J connectivity index is 2.14. The van der Waals surface area contributed by atoms with E-state index in [1.807, 2.05) is 32.4 Å². The fourth-order valence-electron chi connectivity index (χ4n) is 2.39. The summed E-state index contributed by atoms with van der Waals surface area (Å²) >= 11 is 0. The van der Waals surface area contributed by atoms with Crippen LogP contribution in [0.3, 0.4) is 0 Å². The summed E-state index contributed by atoms with van der Waals surface area (Å²) < 4.78 is 8.58. The smallest absolute Gasteiger partial charge is 0.247 e. The van der Waals surface area contributed by atoms with Gasteiger partial charge in [0.05, 0.1) is 12.8 Å².